The molecule has 0 unspecified atom stereocenters. The molecule has 1 atom stereocenters. The Labute approximate surface area is 143 Å². The van der Waals surface area contributed by atoms with Crippen molar-refractivity contribution in [3.8, 4) is 5.75 Å². The summed E-state index contributed by atoms with van der Waals surface area (Å²) in [6, 6.07) is 9.46. The fourth-order valence-corrected chi connectivity index (χ4v) is 2.74. The quantitative estimate of drug-likeness (QED) is 0.784. The minimum Gasteiger partial charge on any atom is -0.493 e. The molecule has 1 aromatic carbocycles. The van der Waals surface area contributed by atoms with Crippen molar-refractivity contribution in [1.82, 2.24) is 10.2 Å². The van der Waals surface area contributed by atoms with Crippen LogP contribution in [-0.4, -0.2) is 49.0 Å². The first kappa shape index (κ1) is 18.3. The molecule has 1 aromatic rings. The van der Waals surface area contributed by atoms with Crippen molar-refractivity contribution in [3.63, 3.8) is 0 Å². The Morgan fingerprint density at radius 3 is 2.58 bits per heavy atom. The molecule has 1 fully saturated rings. The third kappa shape index (κ3) is 5.53. The van der Waals surface area contributed by atoms with E-state index in [0.717, 1.165) is 5.75 Å². The fourth-order valence-electron chi connectivity index (χ4n) is 2.74. The zero-order valence-electron chi connectivity index (χ0n) is 14.2. The smallest absolute Gasteiger partial charge is 0.225 e. The molecule has 24 heavy (non-hydrogen) atoms. The van der Waals surface area contributed by atoms with Gasteiger partial charge >= 0.3 is 0 Å². The number of carbonyl (C=O) groups is 2. The standard InChI is InChI=1S/C18H27N3O3/c1-14(13-19)20-18(23)15-7-10-21(11-8-15)17(22)9-12-24-16-5-3-2-4-6-16/h2-6,14-15H,7-13,19H2,1H3,(H,20,23)/t14-/m0/s1. The lowest BCUT2D eigenvalue weighted by Gasteiger charge is -2.32. The van der Waals surface area contributed by atoms with Gasteiger partial charge in [0.2, 0.25) is 11.8 Å². The van der Waals surface area contributed by atoms with Crippen LogP contribution < -0.4 is 15.8 Å². The molecule has 0 saturated carbocycles. The van der Waals surface area contributed by atoms with Gasteiger partial charge in [-0.05, 0) is 31.9 Å². The van der Waals surface area contributed by atoms with Crippen LogP contribution in [0, 0.1) is 5.92 Å². The van der Waals surface area contributed by atoms with E-state index in [2.05, 4.69) is 5.32 Å². The van der Waals surface area contributed by atoms with Crippen LogP contribution in [0.15, 0.2) is 30.3 Å². The van der Waals surface area contributed by atoms with Gasteiger partial charge in [0, 0.05) is 31.6 Å². The molecule has 3 N–H and O–H groups in total. The first-order valence-electron chi connectivity index (χ1n) is 8.56. The summed E-state index contributed by atoms with van der Waals surface area (Å²) in [6.07, 6.45) is 1.76. The monoisotopic (exact) mass is 333 g/mol. The molecule has 1 heterocycles. The van der Waals surface area contributed by atoms with E-state index in [4.69, 9.17) is 10.5 Å². The number of amides is 2. The second kappa shape index (κ2) is 9.27. The Bertz CT molecular complexity index is 528. The molecule has 6 heteroatoms. The molecule has 2 amide bonds. The van der Waals surface area contributed by atoms with Crippen LogP contribution in [0.2, 0.25) is 0 Å². The number of rotatable bonds is 7. The van der Waals surface area contributed by atoms with Crippen LogP contribution in [0.1, 0.15) is 26.2 Å². The zero-order valence-corrected chi connectivity index (χ0v) is 14.2. The summed E-state index contributed by atoms with van der Waals surface area (Å²) >= 11 is 0. The van der Waals surface area contributed by atoms with E-state index in [1.807, 2.05) is 42.2 Å². The summed E-state index contributed by atoms with van der Waals surface area (Å²) in [5.74, 6) is 0.880. The van der Waals surface area contributed by atoms with Crippen molar-refractivity contribution in [2.75, 3.05) is 26.2 Å². The van der Waals surface area contributed by atoms with Crippen molar-refractivity contribution >= 4 is 11.8 Å². The van der Waals surface area contributed by atoms with E-state index in [0.29, 0.717) is 45.5 Å². The molecule has 6 nitrogen and oxygen atoms in total. The number of para-hydroxylation sites is 1. The average Bonchev–Trinajstić information content (AvgIpc) is 2.62. The molecule has 1 saturated heterocycles. The highest BCUT2D eigenvalue weighted by molar-refractivity contribution is 5.80. The van der Waals surface area contributed by atoms with Crippen molar-refractivity contribution in [2.45, 2.75) is 32.2 Å². The highest BCUT2D eigenvalue weighted by atomic mass is 16.5. The van der Waals surface area contributed by atoms with Crippen LogP contribution in [0.5, 0.6) is 5.75 Å². The second-order valence-corrected chi connectivity index (χ2v) is 6.21. The third-order valence-corrected chi connectivity index (χ3v) is 4.29. The van der Waals surface area contributed by atoms with Crippen LogP contribution in [-0.2, 0) is 9.59 Å². The molecule has 0 aromatic heterocycles. The van der Waals surface area contributed by atoms with Gasteiger partial charge in [0.05, 0.1) is 13.0 Å². The minimum atomic E-state index is -0.0244. The Morgan fingerprint density at radius 2 is 1.96 bits per heavy atom. The normalized spacial score (nSPS) is 16.5. The second-order valence-electron chi connectivity index (χ2n) is 6.21. The molecular formula is C18H27N3O3. The maximum Gasteiger partial charge on any atom is 0.225 e. The summed E-state index contributed by atoms with van der Waals surface area (Å²) in [5, 5.41) is 2.91. The Balaban J connectivity index is 1.68. The van der Waals surface area contributed by atoms with E-state index >= 15 is 0 Å². The van der Waals surface area contributed by atoms with Gasteiger partial charge in [-0.3, -0.25) is 9.59 Å². The number of nitrogens with two attached hydrogens (primary N) is 1. The van der Waals surface area contributed by atoms with Crippen molar-refractivity contribution in [3.05, 3.63) is 30.3 Å². The number of nitrogens with zero attached hydrogens (tertiary/aromatic N) is 1. The van der Waals surface area contributed by atoms with E-state index in [1.165, 1.54) is 0 Å². The number of nitrogens with one attached hydrogen (secondary N) is 1. The summed E-state index contributed by atoms with van der Waals surface area (Å²) in [6.45, 7) is 3.95. The maximum atomic E-state index is 12.2. The highest BCUT2D eigenvalue weighted by Gasteiger charge is 2.27. The fraction of sp³-hybridized carbons (Fsp3) is 0.556. The first-order chi connectivity index (χ1) is 11.6. The summed E-state index contributed by atoms with van der Waals surface area (Å²) in [4.78, 5) is 26.1. The van der Waals surface area contributed by atoms with Crippen molar-refractivity contribution < 1.29 is 14.3 Å². The number of hydrogen-bond acceptors (Lipinski definition) is 4. The molecule has 0 spiro atoms. The van der Waals surface area contributed by atoms with Gasteiger partial charge in [-0.2, -0.15) is 0 Å². The van der Waals surface area contributed by atoms with Crippen LogP contribution >= 0.6 is 0 Å². The lowest BCUT2D eigenvalue weighted by atomic mass is 9.95. The number of ether oxygens (including phenoxy) is 1. The number of hydrogen-bond donors (Lipinski definition) is 2. The van der Waals surface area contributed by atoms with Gasteiger partial charge in [-0.25, -0.2) is 0 Å². The van der Waals surface area contributed by atoms with E-state index in [1.54, 1.807) is 0 Å². The topological polar surface area (TPSA) is 84.7 Å². The highest BCUT2D eigenvalue weighted by Crippen LogP contribution is 2.18. The summed E-state index contributed by atoms with van der Waals surface area (Å²) in [7, 11) is 0. The van der Waals surface area contributed by atoms with Crippen molar-refractivity contribution in [2.24, 2.45) is 11.7 Å². The molecule has 132 valence electrons. The number of carbonyl (C=O) groups excluding carboxylic acids is 2. The predicted octanol–water partition coefficient (Wildman–Crippen LogP) is 1.16. The lowest BCUT2D eigenvalue weighted by molar-refractivity contribution is -0.136. The Morgan fingerprint density at radius 1 is 1.29 bits per heavy atom. The van der Waals surface area contributed by atoms with Crippen LogP contribution in [0.4, 0.5) is 0 Å². The Kier molecular flexibility index (Phi) is 7.06. The molecule has 0 aliphatic carbocycles. The molecule has 0 radical (unpaired) electrons. The molecule has 0 bridgehead atoms. The molecule has 1 aliphatic heterocycles. The summed E-state index contributed by atoms with van der Waals surface area (Å²) < 4.78 is 5.56. The van der Waals surface area contributed by atoms with Gasteiger partial charge in [0.15, 0.2) is 0 Å². The molecular weight excluding hydrogens is 306 g/mol. The van der Waals surface area contributed by atoms with E-state index in [-0.39, 0.29) is 23.8 Å². The van der Waals surface area contributed by atoms with Gasteiger partial charge in [0.25, 0.3) is 0 Å². The van der Waals surface area contributed by atoms with Gasteiger partial charge in [0.1, 0.15) is 5.75 Å². The average molecular weight is 333 g/mol. The van der Waals surface area contributed by atoms with Crippen molar-refractivity contribution in [1.29, 1.82) is 0 Å². The van der Waals surface area contributed by atoms with E-state index < -0.39 is 0 Å². The maximum absolute atomic E-state index is 12.2. The van der Waals surface area contributed by atoms with Crippen LogP contribution in [0.3, 0.4) is 0 Å². The third-order valence-electron chi connectivity index (χ3n) is 4.29. The zero-order chi connectivity index (χ0) is 17.4. The SMILES string of the molecule is C[C@@H](CN)NC(=O)C1CCN(C(=O)CCOc2ccccc2)CC1. The molecule has 1 aliphatic rings. The number of likely N-dealkylation sites (tertiary alicyclic amines) is 1. The van der Waals surface area contributed by atoms with Gasteiger partial charge in [-0.1, -0.05) is 18.2 Å². The minimum absolute atomic E-state index is 0.00713. The Hall–Kier alpha value is -2.08. The number of benzene rings is 1. The predicted molar refractivity (Wildman–Crippen MR) is 92.5 cm³/mol. The van der Waals surface area contributed by atoms with Crippen LogP contribution in [0.25, 0.3) is 0 Å². The number of piperidine rings is 1. The van der Waals surface area contributed by atoms with Gasteiger partial charge < -0.3 is 20.7 Å². The van der Waals surface area contributed by atoms with Gasteiger partial charge in [-0.15, -0.1) is 0 Å². The lowest BCUT2D eigenvalue weighted by Crippen LogP contribution is -2.46. The first-order valence-corrected chi connectivity index (χ1v) is 8.56. The largest absolute Gasteiger partial charge is 0.493 e. The van der Waals surface area contributed by atoms with E-state index in [9.17, 15) is 9.59 Å². The molecule has 2 rings (SSSR count). The summed E-state index contributed by atoms with van der Waals surface area (Å²) in [5.41, 5.74) is 5.52.